The van der Waals surface area contributed by atoms with Gasteiger partial charge >= 0.3 is 0 Å². The fourth-order valence-corrected chi connectivity index (χ4v) is 1.29. The summed E-state index contributed by atoms with van der Waals surface area (Å²) in [7, 11) is 0. The Morgan fingerprint density at radius 2 is 2.24 bits per heavy atom. The summed E-state index contributed by atoms with van der Waals surface area (Å²) >= 11 is 5.60. The number of pyridine rings is 2. The Labute approximate surface area is 102 Å². The fraction of sp³-hybridized carbons (Fsp3) is 0. The van der Waals surface area contributed by atoms with E-state index in [2.05, 4.69) is 9.97 Å². The Morgan fingerprint density at radius 1 is 1.41 bits per heavy atom. The van der Waals surface area contributed by atoms with E-state index in [1.807, 2.05) is 6.07 Å². The van der Waals surface area contributed by atoms with E-state index in [0.717, 1.165) is 0 Å². The van der Waals surface area contributed by atoms with Gasteiger partial charge in [-0.15, -0.1) is 0 Å². The number of rotatable bonds is 2. The Bertz CT molecular complexity index is 596. The summed E-state index contributed by atoms with van der Waals surface area (Å²) in [4.78, 5) is 7.54. The summed E-state index contributed by atoms with van der Waals surface area (Å²) in [5.41, 5.74) is 0.0867. The van der Waals surface area contributed by atoms with Crippen LogP contribution in [0.15, 0.2) is 30.6 Å². The number of hydrogen-bond acceptors (Lipinski definition) is 4. The maximum absolute atomic E-state index is 11.5. The van der Waals surface area contributed by atoms with Crippen LogP contribution in [0, 0.1) is 11.3 Å². The van der Waals surface area contributed by atoms with Crippen LogP contribution in [0.1, 0.15) is 5.69 Å². The molecule has 2 aromatic rings. The second-order valence-electron chi connectivity index (χ2n) is 3.02. The van der Waals surface area contributed by atoms with Crippen LogP contribution >= 0.6 is 11.6 Å². The number of aromatic nitrogens is 2. The van der Waals surface area contributed by atoms with Gasteiger partial charge in [0.05, 0.1) is 5.02 Å². The molecular formula is C11H5ClN3O2. The Kier molecular flexibility index (Phi) is 3.08. The molecule has 2 rings (SSSR count). The topological polar surface area (TPSA) is 78.7 Å². The molecule has 0 bridgehead atoms. The first-order chi connectivity index (χ1) is 8.20. The molecule has 0 N–H and O–H groups in total. The van der Waals surface area contributed by atoms with Gasteiger partial charge in [-0.05, 0) is 12.1 Å². The molecule has 1 radical (unpaired) electrons. The SMILES string of the molecule is N#Cc1ncccc1Oc1ncc(Cl)cc1[O]. The first-order valence-electron chi connectivity index (χ1n) is 4.56. The predicted molar refractivity (Wildman–Crippen MR) is 58.4 cm³/mol. The summed E-state index contributed by atoms with van der Waals surface area (Å²) < 4.78 is 5.22. The van der Waals surface area contributed by atoms with Gasteiger partial charge in [-0.1, -0.05) is 11.6 Å². The molecule has 0 saturated heterocycles. The maximum atomic E-state index is 11.5. The second-order valence-corrected chi connectivity index (χ2v) is 3.46. The Balaban J connectivity index is 2.35. The lowest BCUT2D eigenvalue weighted by atomic mass is 10.3. The van der Waals surface area contributed by atoms with Crippen molar-refractivity contribution in [1.29, 1.82) is 5.26 Å². The van der Waals surface area contributed by atoms with Crippen molar-refractivity contribution in [1.82, 2.24) is 9.97 Å². The molecule has 0 aliphatic heterocycles. The fourth-order valence-electron chi connectivity index (χ4n) is 1.15. The van der Waals surface area contributed by atoms with E-state index in [-0.39, 0.29) is 22.3 Å². The van der Waals surface area contributed by atoms with Crippen molar-refractivity contribution in [2.45, 2.75) is 0 Å². The highest BCUT2D eigenvalue weighted by Gasteiger charge is 2.11. The summed E-state index contributed by atoms with van der Waals surface area (Å²) in [6, 6.07) is 6.16. The van der Waals surface area contributed by atoms with Gasteiger partial charge < -0.3 is 4.74 Å². The van der Waals surface area contributed by atoms with E-state index in [1.165, 1.54) is 24.5 Å². The minimum absolute atomic E-state index is 0.0867. The molecule has 0 amide bonds. The third-order valence-corrected chi connectivity index (χ3v) is 2.07. The Hall–Kier alpha value is -2.32. The normalized spacial score (nSPS) is 9.65. The molecule has 0 spiro atoms. The summed E-state index contributed by atoms with van der Waals surface area (Å²) in [5, 5.41) is 20.5. The maximum Gasteiger partial charge on any atom is 0.268 e. The summed E-state index contributed by atoms with van der Waals surface area (Å²) in [6.45, 7) is 0. The molecule has 17 heavy (non-hydrogen) atoms. The second kappa shape index (κ2) is 4.68. The predicted octanol–water partition coefficient (Wildman–Crippen LogP) is 2.94. The molecule has 0 unspecified atom stereocenters. The third kappa shape index (κ3) is 2.44. The van der Waals surface area contributed by atoms with Crippen LogP contribution in [-0.2, 0) is 5.11 Å². The van der Waals surface area contributed by atoms with Gasteiger partial charge in [-0.25, -0.2) is 9.97 Å². The molecule has 2 heterocycles. The van der Waals surface area contributed by atoms with Gasteiger partial charge in [0.25, 0.3) is 5.88 Å². The van der Waals surface area contributed by atoms with Gasteiger partial charge in [-0.3, -0.25) is 5.11 Å². The molecular weight excluding hydrogens is 242 g/mol. The van der Waals surface area contributed by atoms with Crippen LogP contribution in [0.3, 0.4) is 0 Å². The largest absolute Gasteiger partial charge is 0.433 e. The van der Waals surface area contributed by atoms with Crippen LogP contribution in [0.2, 0.25) is 5.02 Å². The molecule has 5 nitrogen and oxygen atoms in total. The first-order valence-corrected chi connectivity index (χ1v) is 4.94. The average molecular weight is 247 g/mol. The molecule has 0 fully saturated rings. The van der Waals surface area contributed by atoms with Crippen molar-refractivity contribution in [3.8, 4) is 23.4 Å². The van der Waals surface area contributed by atoms with Gasteiger partial charge in [0, 0.05) is 18.5 Å². The van der Waals surface area contributed by atoms with Crippen molar-refractivity contribution in [2.24, 2.45) is 0 Å². The number of halogens is 1. The van der Waals surface area contributed by atoms with Crippen molar-refractivity contribution in [2.75, 3.05) is 0 Å². The first kappa shape index (κ1) is 11.2. The number of ether oxygens (including phenoxy) is 1. The number of nitrogens with zero attached hydrogens (tertiary/aromatic N) is 3. The van der Waals surface area contributed by atoms with Gasteiger partial charge in [0.15, 0.2) is 11.4 Å². The lowest BCUT2D eigenvalue weighted by molar-refractivity contribution is 0.322. The zero-order chi connectivity index (χ0) is 12.3. The summed E-state index contributed by atoms with van der Waals surface area (Å²) in [6.07, 6.45) is 2.75. The van der Waals surface area contributed by atoms with Gasteiger partial charge in [-0.2, -0.15) is 5.26 Å². The van der Waals surface area contributed by atoms with Crippen molar-refractivity contribution in [3.63, 3.8) is 0 Å². The van der Waals surface area contributed by atoms with Crippen molar-refractivity contribution < 1.29 is 9.84 Å². The minimum atomic E-state index is -0.453. The van der Waals surface area contributed by atoms with Crippen LogP contribution in [0.4, 0.5) is 0 Å². The zero-order valence-electron chi connectivity index (χ0n) is 8.42. The van der Waals surface area contributed by atoms with E-state index in [4.69, 9.17) is 21.6 Å². The van der Waals surface area contributed by atoms with E-state index < -0.39 is 5.75 Å². The monoisotopic (exact) mass is 246 g/mol. The molecule has 0 aliphatic carbocycles. The average Bonchev–Trinajstić information content (AvgIpc) is 2.33. The van der Waals surface area contributed by atoms with Gasteiger partial charge in [0.2, 0.25) is 5.75 Å². The van der Waals surface area contributed by atoms with Gasteiger partial charge in [0.1, 0.15) is 6.07 Å². The number of hydrogen-bond donors (Lipinski definition) is 0. The molecule has 0 aliphatic rings. The van der Waals surface area contributed by atoms with E-state index >= 15 is 0 Å². The zero-order valence-corrected chi connectivity index (χ0v) is 9.18. The molecule has 0 atom stereocenters. The molecule has 0 saturated carbocycles. The van der Waals surface area contributed by atoms with E-state index in [0.29, 0.717) is 0 Å². The lowest BCUT2D eigenvalue weighted by Crippen LogP contribution is -1.92. The highest BCUT2D eigenvalue weighted by atomic mass is 35.5. The molecule has 2 aromatic heterocycles. The molecule has 6 heteroatoms. The summed E-state index contributed by atoms with van der Waals surface area (Å²) in [5.74, 6) is -0.411. The standard InChI is InChI=1S/C11H5ClN3O2/c12-7-4-9(16)11(15-6-7)17-10-2-1-3-14-8(10)5-13/h1-4,6H. The highest BCUT2D eigenvalue weighted by molar-refractivity contribution is 6.30. The van der Waals surface area contributed by atoms with Crippen LogP contribution in [0.5, 0.6) is 17.4 Å². The molecule has 83 valence electrons. The number of nitriles is 1. The molecule has 0 aromatic carbocycles. The van der Waals surface area contributed by atoms with E-state index in [1.54, 1.807) is 6.07 Å². The van der Waals surface area contributed by atoms with Crippen LogP contribution in [-0.4, -0.2) is 9.97 Å². The van der Waals surface area contributed by atoms with Crippen molar-refractivity contribution in [3.05, 3.63) is 41.3 Å². The minimum Gasteiger partial charge on any atom is -0.433 e. The third-order valence-electron chi connectivity index (χ3n) is 1.87. The van der Waals surface area contributed by atoms with E-state index in [9.17, 15) is 5.11 Å². The van der Waals surface area contributed by atoms with Crippen molar-refractivity contribution >= 4 is 11.6 Å². The van der Waals surface area contributed by atoms with Crippen LogP contribution < -0.4 is 4.74 Å². The quantitative estimate of drug-likeness (QED) is 0.816. The van der Waals surface area contributed by atoms with Crippen LogP contribution in [0.25, 0.3) is 0 Å². The smallest absolute Gasteiger partial charge is 0.268 e. The lowest BCUT2D eigenvalue weighted by Gasteiger charge is -2.05. The highest BCUT2D eigenvalue weighted by Crippen LogP contribution is 2.31. The Morgan fingerprint density at radius 3 is 2.94 bits per heavy atom.